The second-order valence-electron chi connectivity index (χ2n) is 7.41. The smallest absolute Gasteiger partial charge is 0.262 e. The van der Waals surface area contributed by atoms with E-state index in [1.165, 1.54) is 5.56 Å². The van der Waals surface area contributed by atoms with Gasteiger partial charge in [-0.2, -0.15) is 0 Å². The standard InChI is InChI=1S/C22H22N4O4/c1-23-11-13-2-4-14(5-3-13)12-24-15-6-7-16-17(10-15)22(30)26(21(16)29)18-8-9-19(27)25-20(18)28/h2-7,10,18,23-24H,8-9,11-12H2,1H3,(H,25,27,28). The second-order valence-corrected chi connectivity index (χ2v) is 7.41. The zero-order chi connectivity index (χ0) is 21.3. The number of nitrogens with zero attached hydrogens (tertiary/aromatic N) is 1. The van der Waals surface area contributed by atoms with Crippen molar-refractivity contribution in [2.45, 2.75) is 32.0 Å². The van der Waals surface area contributed by atoms with E-state index in [0.717, 1.165) is 17.0 Å². The molecule has 4 rings (SSSR count). The number of fused-ring (bicyclic) bond motifs is 1. The molecule has 30 heavy (non-hydrogen) atoms. The van der Waals surface area contributed by atoms with Crippen LogP contribution in [0.4, 0.5) is 5.69 Å². The first-order chi connectivity index (χ1) is 14.5. The quantitative estimate of drug-likeness (QED) is 0.627. The molecule has 8 nitrogen and oxygen atoms in total. The molecule has 1 fully saturated rings. The number of imide groups is 2. The number of rotatable bonds is 6. The number of carbonyl (C=O) groups is 4. The Bertz CT molecular complexity index is 1030. The van der Waals surface area contributed by atoms with E-state index < -0.39 is 29.7 Å². The third-order valence-electron chi connectivity index (χ3n) is 5.34. The van der Waals surface area contributed by atoms with Gasteiger partial charge in [-0.25, -0.2) is 0 Å². The molecule has 0 saturated carbocycles. The van der Waals surface area contributed by atoms with E-state index >= 15 is 0 Å². The third-order valence-corrected chi connectivity index (χ3v) is 5.34. The largest absolute Gasteiger partial charge is 0.381 e. The monoisotopic (exact) mass is 406 g/mol. The van der Waals surface area contributed by atoms with Crippen LogP contribution in [-0.2, 0) is 22.7 Å². The molecule has 0 radical (unpaired) electrons. The number of hydrogen-bond acceptors (Lipinski definition) is 6. The van der Waals surface area contributed by atoms with Crippen LogP contribution >= 0.6 is 0 Å². The highest BCUT2D eigenvalue weighted by molar-refractivity contribution is 6.23. The maximum atomic E-state index is 12.9. The summed E-state index contributed by atoms with van der Waals surface area (Å²) < 4.78 is 0. The normalized spacial score (nSPS) is 18.4. The molecule has 0 aliphatic carbocycles. The van der Waals surface area contributed by atoms with E-state index in [2.05, 4.69) is 28.1 Å². The SMILES string of the molecule is CNCc1ccc(CNc2ccc3c(c2)C(=O)N(C2CCC(=O)NC2=O)C3=O)cc1. The highest BCUT2D eigenvalue weighted by Gasteiger charge is 2.44. The molecule has 8 heteroatoms. The summed E-state index contributed by atoms with van der Waals surface area (Å²) in [4.78, 5) is 50.1. The van der Waals surface area contributed by atoms with Gasteiger partial charge in [0.2, 0.25) is 11.8 Å². The minimum absolute atomic E-state index is 0.101. The van der Waals surface area contributed by atoms with Crippen molar-refractivity contribution in [1.29, 1.82) is 0 Å². The molecular formula is C22H22N4O4. The van der Waals surface area contributed by atoms with Crippen molar-refractivity contribution in [3.05, 3.63) is 64.7 Å². The molecule has 2 aliphatic rings. The van der Waals surface area contributed by atoms with E-state index in [-0.39, 0.29) is 24.0 Å². The Hall–Kier alpha value is -3.52. The molecule has 2 aromatic rings. The number of amides is 4. The predicted molar refractivity (Wildman–Crippen MR) is 110 cm³/mol. The van der Waals surface area contributed by atoms with Crippen LogP contribution in [-0.4, -0.2) is 41.6 Å². The highest BCUT2D eigenvalue weighted by Crippen LogP contribution is 2.29. The number of benzene rings is 2. The summed E-state index contributed by atoms with van der Waals surface area (Å²) >= 11 is 0. The van der Waals surface area contributed by atoms with Crippen molar-refractivity contribution in [2.24, 2.45) is 0 Å². The van der Waals surface area contributed by atoms with Crippen LogP contribution in [0.5, 0.6) is 0 Å². The van der Waals surface area contributed by atoms with Crippen LogP contribution in [0, 0.1) is 0 Å². The lowest BCUT2D eigenvalue weighted by molar-refractivity contribution is -0.136. The average Bonchev–Trinajstić information content (AvgIpc) is 2.98. The molecule has 1 unspecified atom stereocenters. The number of nitrogens with one attached hydrogen (secondary N) is 3. The summed E-state index contributed by atoms with van der Waals surface area (Å²) in [6.45, 7) is 1.37. The Kier molecular flexibility index (Phi) is 5.33. The van der Waals surface area contributed by atoms with Gasteiger partial charge in [0, 0.05) is 25.2 Å². The summed E-state index contributed by atoms with van der Waals surface area (Å²) in [6.07, 6.45) is 0.245. The lowest BCUT2D eigenvalue weighted by Gasteiger charge is -2.27. The van der Waals surface area contributed by atoms with Gasteiger partial charge < -0.3 is 10.6 Å². The Morgan fingerprint density at radius 3 is 2.27 bits per heavy atom. The summed E-state index contributed by atoms with van der Waals surface area (Å²) in [5.41, 5.74) is 3.52. The first-order valence-corrected chi connectivity index (χ1v) is 9.80. The summed E-state index contributed by atoms with van der Waals surface area (Å²) in [6, 6.07) is 12.2. The fourth-order valence-electron chi connectivity index (χ4n) is 3.76. The van der Waals surface area contributed by atoms with Gasteiger partial charge in [-0.15, -0.1) is 0 Å². The summed E-state index contributed by atoms with van der Waals surface area (Å²) in [5.74, 6) is -2.01. The molecule has 0 bridgehead atoms. The lowest BCUT2D eigenvalue weighted by atomic mass is 10.0. The number of hydrogen-bond donors (Lipinski definition) is 3. The molecule has 1 atom stereocenters. The van der Waals surface area contributed by atoms with E-state index in [0.29, 0.717) is 12.2 Å². The summed E-state index contributed by atoms with van der Waals surface area (Å²) in [5, 5.41) is 8.56. The van der Waals surface area contributed by atoms with Crippen LogP contribution in [0.2, 0.25) is 0 Å². The van der Waals surface area contributed by atoms with E-state index in [9.17, 15) is 19.2 Å². The maximum absolute atomic E-state index is 12.9. The first kappa shape index (κ1) is 19.8. The summed E-state index contributed by atoms with van der Waals surface area (Å²) in [7, 11) is 1.90. The fourth-order valence-corrected chi connectivity index (χ4v) is 3.76. The van der Waals surface area contributed by atoms with Crippen molar-refractivity contribution < 1.29 is 19.2 Å². The molecular weight excluding hydrogens is 384 g/mol. The van der Waals surface area contributed by atoms with Crippen LogP contribution < -0.4 is 16.0 Å². The van der Waals surface area contributed by atoms with Crippen LogP contribution in [0.25, 0.3) is 0 Å². The molecule has 2 heterocycles. The zero-order valence-corrected chi connectivity index (χ0v) is 16.5. The second kappa shape index (κ2) is 8.08. The van der Waals surface area contributed by atoms with E-state index in [1.807, 2.05) is 19.2 Å². The Balaban J connectivity index is 1.48. The molecule has 2 aromatic carbocycles. The molecule has 3 N–H and O–H groups in total. The van der Waals surface area contributed by atoms with Crippen molar-refractivity contribution in [3.63, 3.8) is 0 Å². The predicted octanol–water partition coefficient (Wildman–Crippen LogP) is 1.42. The lowest BCUT2D eigenvalue weighted by Crippen LogP contribution is -2.54. The van der Waals surface area contributed by atoms with Crippen LogP contribution in [0.1, 0.15) is 44.7 Å². The Morgan fingerprint density at radius 1 is 0.933 bits per heavy atom. The fraction of sp³-hybridized carbons (Fsp3) is 0.273. The van der Waals surface area contributed by atoms with Gasteiger partial charge in [-0.1, -0.05) is 24.3 Å². The van der Waals surface area contributed by atoms with Gasteiger partial charge in [0.25, 0.3) is 11.8 Å². The van der Waals surface area contributed by atoms with Crippen molar-refractivity contribution >= 4 is 29.3 Å². The topological polar surface area (TPSA) is 108 Å². The molecule has 2 aliphatic heterocycles. The van der Waals surface area contributed by atoms with E-state index in [1.54, 1.807) is 18.2 Å². The van der Waals surface area contributed by atoms with Gasteiger partial charge in [-0.05, 0) is 42.8 Å². The minimum atomic E-state index is -0.956. The molecule has 0 spiro atoms. The van der Waals surface area contributed by atoms with Crippen LogP contribution in [0.15, 0.2) is 42.5 Å². The highest BCUT2D eigenvalue weighted by atomic mass is 16.2. The van der Waals surface area contributed by atoms with Gasteiger partial charge in [0.1, 0.15) is 6.04 Å². The molecule has 0 aromatic heterocycles. The molecule has 4 amide bonds. The number of piperidine rings is 1. The minimum Gasteiger partial charge on any atom is -0.381 e. The van der Waals surface area contributed by atoms with Gasteiger partial charge in [0.05, 0.1) is 11.1 Å². The third kappa shape index (κ3) is 3.69. The maximum Gasteiger partial charge on any atom is 0.262 e. The van der Waals surface area contributed by atoms with Crippen LogP contribution in [0.3, 0.4) is 0 Å². The van der Waals surface area contributed by atoms with Crippen molar-refractivity contribution in [3.8, 4) is 0 Å². The Morgan fingerprint density at radius 2 is 1.60 bits per heavy atom. The van der Waals surface area contributed by atoms with Gasteiger partial charge >= 0.3 is 0 Å². The van der Waals surface area contributed by atoms with Gasteiger partial charge in [-0.3, -0.25) is 29.4 Å². The van der Waals surface area contributed by atoms with Crippen molar-refractivity contribution in [2.75, 3.05) is 12.4 Å². The average molecular weight is 406 g/mol. The number of carbonyl (C=O) groups excluding carboxylic acids is 4. The van der Waals surface area contributed by atoms with E-state index in [4.69, 9.17) is 0 Å². The zero-order valence-electron chi connectivity index (χ0n) is 16.5. The van der Waals surface area contributed by atoms with Crippen molar-refractivity contribution in [1.82, 2.24) is 15.5 Å². The Labute approximate surface area is 173 Å². The molecule has 154 valence electrons. The molecule has 1 saturated heterocycles. The van der Waals surface area contributed by atoms with Gasteiger partial charge in [0.15, 0.2) is 0 Å². The number of anilines is 1. The first-order valence-electron chi connectivity index (χ1n) is 9.80.